The SMILES string of the molecule is CC#C[C@H]1CCCN1C(=O)c1cc(-c2nnc([C@](C)(N)Cc3ccccc3)o2)cc(-c2ccccc2C#N)c1. The molecule has 0 bridgehead atoms. The molecule has 0 aliphatic carbocycles. The van der Waals surface area contributed by atoms with Gasteiger partial charge in [-0.2, -0.15) is 5.26 Å². The van der Waals surface area contributed by atoms with Crippen molar-refractivity contribution in [1.82, 2.24) is 15.1 Å². The maximum absolute atomic E-state index is 13.7. The fourth-order valence-electron chi connectivity index (χ4n) is 5.02. The van der Waals surface area contributed by atoms with Gasteiger partial charge in [-0.15, -0.1) is 16.1 Å². The zero-order valence-corrected chi connectivity index (χ0v) is 22.0. The van der Waals surface area contributed by atoms with Crippen molar-refractivity contribution in [1.29, 1.82) is 5.26 Å². The van der Waals surface area contributed by atoms with Gasteiger partial charge >= 0.3 is 0 Å². The first-order valence-corrected chi connectivity index (χ1v) is 12.9. The van der Waals surface area contributed by atoms with E-state index in [1.165, 1.54) is 0 Å². The number of aromatic nitrogens is 2. The predicted molar refractivity (Wildman–Crippen MR) is 149 cm³/mol. The molecular weight excluding hydrogens is 486 g/mol. The largest absolute Gasteiger partial charge is 0.419 e. The molecule has 1 aliphatic heterocycles. The number of nitriles is 1. The van der Waals surface area contributed by atoms with Crippen molar-refractivity contribution >= 4 is 5.91 Å². The molecule has 0 unspecified atom stereocenters. The van der Waals surface area contributed by atoms with Crippen molar-refractivity contribution in [3.8, 4) is 40.5 Å². The first kappa shape index (κ1) is 25.9. The highest BCUT2D eigenvalue weighted by molar-refractivity contribution is 5.97. The summed E-state index contributed by atoms with van der Waals surface area (Å²) in [5.74, 6) is 6.53. The molecule has 39 heavy (non-hydrogen) atoms. The molecule has 0 radical (unpaired) electrons. The topological polar surface area (TPSA) is 109 Å². The van der Waals surface area contributed by atoms with E-state index in [4.69, 9.17) is 10.2 Å². The zero-order chi connectivity index (χ0) is 27.4. The van der Waals surface area contributed by atoms with Crippen LogP contribution in [0.3, 0.4) is 0 Å². The van der Waals surface area contributed by atoms with E-state index in [0.29, 0.717) is 41.1 Å². The van der Waals surface area contributed by atoms with Gasteiger partial charge in [0.05, 0.1) is 23.2 Å². The van der Waals surface area contributed by atoms with Crippen LogP contribution in [0.4, 0.5) is 0 Å². The lowest BCUT2D eigenvalue weighted by Crippen LogP contribution is -2.35. The van der Waals surface area contributed by atoms with E-state index < -0.39 is 5.54 Å². The molecule has 4 aromatic rings. The summed E-state index contributed by atoms with van der Waals surface area (Å²) in [7, 11) is 0. The predicted octanol–water partition coefficient (Wildman–Crippen LogP) is 5.32. The summed E-state index contributed by atoms with van der Waals surface area (Å²) < 4.78 is 6.11. The van der Waals surface area contributed by atoms with Gasteiger partial charge in [0.2, 0.25) is 11.8 Å². The van der Waals surface area contributed by atoms with Crippen LogP contribution in [0.2, 0.25) is 0 Å². The van der Waals surface area contributed by atoms with Crippen molar-refractivity contribution in [2.45, 2.75) is 44.7 Å². The molecule has 5 rings (SSSR count). The Morgan fingerprint density at radius 3 is 2.62 bits per heavy atom. The molecule has 1 aromatic heterocycles. The molecule has 1 saturated heterocycles. The standard InChI is InChI=1S/C32H29N5O2/c1-3-10-27-14-9-16-37(27)30(38)26-18-24(28-15-8-7-13-23(28)21-33)17-25(19-26)29-35-36-31(39-29)32(2,34)20-22-11-5-4-6-12-22/h4-8,11-13,15,17-19,27H,9,14,16,20,34H2,1-2H3/t27-,32+/m0/s1. The van der Waals surface area contributed by atoms with Crippen LogP contribution in [0.25, 0.3) is 22.6 Å². The molecule has 7 nitrogen and oxygen atoms in total. The van der Waals surface area contributed by atoms with Crippen molar-refractivity contribution in [3.05, 3.63) is 95.4 Å². The number of carbonyl (C=O) groups excluding carboxylic acids is 1. The molecule has 194 valence electrons. The number of nitrogens with zero attached hydrogens (tertiary/aromatic N) is 4. The lowest BCUT2D eigenvalue weighted by atomic mass is 9.94. The number of rotatable bonds is 6. The van der Waals surface area contributed by atoms with E-state index >= 15 is 0 Å². The van der Waals surface area contributed by atoms with Gasteiger partial charge in [0, 0.05) is 17.7 Å². The Kier molecular flexibility index (Phi) is 7.27. The molecule has 2 heterocycles. The third-order valence-corrected chi connectivity index (χ3v) is 6.94. The molecule has 2 atom stereocenters. The summed E-state index contributed by atoms with van der Waals surface area (Å²) in [6, 6.07) is 24.8. The van der Waals surface area contributed by atoms with Gasteiger partial charge in [-0.1, -0.05) is 54.5 Å². The Morgan fingerprint density at radius 1 is 1.10 bits per heavy atom. The number of benzene rings is 3. The molecule has 1 aliphatic rings. The lowest BCUT2D eigenvalue weighted by Gasteiger charge is -2.21. The van der Waals surface area contributed by atoms with Crippen molar-refractivity contribution in [2.75, 3.05) is 6.54 Å². The van der Waals surface area contributed by atoms with E-state index in [1.807, 2.05) is 72.5 Å². The van der Waals surface area contributed by atoms with E-state index in [0.717, 1.165) is 24.0 Å². The number of likely N-dealkylation sites (tertiary alicyclic amines) is 1. The maximum atomic E-state index is 13.7. The first-order valence-electron chi connectivity index (χ1n) is 12.9. The van der Waals surface area contributed by atoms with Crippen LogP contribution < -0.4 is 5.73 Å². The van der Waals surface area contributed by atoms with Crippen LogP contribution in [0.15, 0.2) is 77.2 Å². The minimum absolute atomic E-state index is 0.119. The maximum Gasteiger partial charge on any atom is 0.254 e. The van der Waals surface area contributed by atoms with Gasteiger partial charge in [0.25, 0.3) is 5.91 Å². The molecule has 7 heteroatoms. The highest BCUT2D eigenvalue weighted by Crippen LogP contribution is 2.32. The van der Waals surface area contributed by atoms with Gasteiger partial charge in [0.1, 0.15) is 0 Å². The molecule has 3 aromatic carbocycles. The summed E-state index contributed by atoms with van der Waals surface area (Å²) >= 11 is 0. The highest BCUT2D eigenvalue weighted by atomic mass is 16.4. The van der Waals surface area contributed by atoms with Crippen LogP contribution >= 0.6 is 0 Å². The molecule has 2 N–H and O–H groups in total. The van der Waals surface area contributed by atoms with E-state index in [1.54, 1.807) is 19.1 Å². The Balaban J connectivity index is 1.56. The van der Waals surface area contributed by atoms with Gasteiger partial charge in [-0.05, 0) is 74.1 Å². The van der Waals surface area contributed by atoms with E-state index in [9.17, 15) is 10.1 Å². The molecule has 0 saturated carbocycles. The van der Waals surface area contributed by atoms with Crippen molar-refractivity contribution in [2.24, 2.45) is 5.73 Å². The molecule has 1 fully saturated rings. The normalized spacial score (nSPS) is 16.2. The van der Waals surface area contributed by atoms with Crippen LogP contribution in [-0.4, -0.2) is 33.6 Å². The lowest BCUT2D eigenvalue weighted by molar-refractivity contribution is 0.0766. The van der Waals surface area contributed by atoms with E-state index in [-0.39, 0.29) is 17.8 Å². The van der Waals surface area contributed by atoms with E-state index in [2.05, 4.69) is 28.1 Å². The van der Waals surface area contributed by atoms with Crippen molar-refractivity contribution < 1.29 is 9.21 Å². The fraction of sp³-hybridized carbons (Fsp3) is 0.250. The van der Waals surface area contributed by atoms with Gasteiger partial charge in [0.15, 0.2) is 0 Å². The summed E-state index contributed by atoms with van der Waals surface area (Å²) in [5.41, 5.74) is 9.77. The Labute approximate surface area is 228 Å². The highest BCUT2D eigenvalue weighted by Gasteiger charge is 2.31. The second kappa shape index (κ2) is 10.9. The van der Waals surface area contributed by atoms with Gasteiger partial charge < -0.3 is 15.1 Å². The molecular formula is C32H29N5O2. The second-order valence-corrected chi connectivity index (χ2v) is 10.00. The summed E-state index contributed by atoms with van der Waals surface area (Å²) in [6.07, 6.45) is 2.27. The third kappa shape index (κ3) is 5.45. The van der Waals surface area contributed by atoms with Crippen LogP contribution in [0.1, 0.15) is 54.1 Å². The van der Waals surface area contributed by atoms with Crippen LogP contribution in [-0.2, 0) is 12.0 Å². The fourth-order valence-corrected chi connectivity index (χ4v) is 5.02. The summed E-state index contributed by atoms with van der Waals surface area (Å²) in [5, 5.41) is 18.3. The number of hydrogen-bond acceptors (Lipinski definition) is 6. The Hall–Kier alpha value is -4.72. The number of hydrogen-bond donors (Lipinski definition) is 1. The number of nitrogens with two attached hydrogens (primary N) is 1. The van der Waals surface area contributed by atoms with Crippen LogP contribution in [0.5, 0.6) is 0 Å². The van der Waals surface area contributed by atoms with Gasteiger partial charge in [-0.25, -0.2) is 0 Å². The minimum Gasteiger partial charge on any atom is -0.419 e. The summed E-state index contributed by atoms with van der Waals surface area (Å²) in [4.78, 5) is 15.5. The number of carbonyl (C=O) groups is 1. The number of amides is 1. The Bertz CT molecular complexity index is 1600. The quantitative estimate of drug-likeness (QED) is 0.348. The first-order chi connectivity index (χ1) is 18.9. The second-order valence-electron chi connectivity index (χ2n) is 10.00. The molecule has 0 spiro atoms. The molecule has 1 amide bonds. The van der Waals surface area contributed by atoms with Crippen LogP contribution in [0, 0.1) is 23.2 Å². The monoisotopic (exact) mass is 515 g/mol. The average molecular weight is 516 g/mol. The Morgan fingerprint density at radius 2 is 1.85 bits per heavy atom. The van der Waals surface area contributed by atoms with Gasteiger partial charge in [-0.3, -0.25) is 4.79 Å². The van der Waals surface area contributed by atoms with Crippen molar-refractivity contribution in [3.63, 3.8) is 0 Å². The smallest absolute Gasteiger partial charge is 0.254 e. The third-order valence-electron chi connectivity index (χ3n) is 6.94. The average Bonchev–Trinajstić information content (AvgIpc) is 3.64. The minimum atomic E-state index is -0.891. The summed E-state index contributed by atoms with van der Waals surface area (Å²) in [6.45, 7) is 4.28. The zero-order valence-electron chi connectivity index (χ0n) is 22.0.